The number of benzene rings is 4. The molecule has 1 N–H and O–H groups in total. The van der Waals surface area contributed by atoms with Gasteiger partial charge < -0.3 is 14.2 Å². The van der Waals surface area contributed by atoms with Gasteiger partial charge in [-0.2, -0.15) is 0 Å². The lowest BCUT2D eigenvalue weighted by atomic mass is 10.1. The van der Waals surface area contributed by atoms with E-state index in [0.29, 0.717) is 28.2 Å². The van der Waals surface area contributed by atoms with E-state index in [2.05, 4.69) is 9.71 Å². The third-order valence-corrected chi connectivity index (χ3v) is 7.28. The van der Waals surface area contributed by atoms with E-state index < -0.39 is 15.8 Å². The number of ether oxygens (including phenoxy) is 3. The number of nitrogens with zero attached hydrogens (tertiary/aromatic N) is 1. The van der Waals surface area contributed by atoms with E-state index in [9.17, 15) is 12.8 Å². The Balaban J connectivity index is 1.36. The van der Waals surface area contributed by atoms with E-state index in [1.807, 2.05) is 30.3 Å². The Hall–Kier alpha value is -4.63. The fourth-order valence-electron chi connectivity index (χ4n) is 3.97. The molecule has 0 aliphatic carbocycles. The fraction of sp³-hybridized carbons (Fsp3) is 0.0690. The van der Waals surface area contributed by atoms with E-state index in [1.54, 1.807) is 30.3 Å². The number of hydrogen-bond donors (Lipinski definition) is 1. The molecule has 0 bridgehead atoms. The topological polar surface area (TPSA) is 86.8 Å². The Morgan fingerprint density at radius 1 is 0.737 bits per heavy atom. The average molecular weight is 531 g/mol. The van der Waals surface area contributed by atoms with Crippen LogP contribution in [-0.2, 0) is 10.0 Å². The normalized spacial score (nSPS) is 11.2. The van der Waals surface area contributed by atoms with Gasteiger partial charge in [0.25, 0.3) is 10.0 Å². The quantitative estimate of drug-likeness (QED) is 0.242. The largest absolute Gasteiger partial charge is 0.493 e. The first-order valence-electron chi connectivity index (χ1n) is 11.5. The van der Waals surface area contributed by atoms with E-state index in [1.165, 1.54) is 44.7 Å². The molecule has 7 nitrogen and oxygen atoms in total. The number of anilines is 1. The highest BCUT2D eigenvalue weighted by atomic mass is 32.2. The molecule has 0 unspecified atom stereocenters. The molecule has 0 saturated carbocycles. The Morgan fingerprint density at radius 2 is 1.42 bits per heavy atom. The van der Waals surface area contributed by atoms with Crippen molar-refractivity contribution in [3.63, 3.8) is 0 Å². The summed E-state index contributed by atoms with van der Waals surface area (Å²) in [6, 6.07) is 24.9. The summed E-state index contributed by atoms with van der Waals surface area (Å²) in [7, 11) is -0.901. The SMILES string of the molecule is COc1cc2nccc(Oc3ccc(NS(=O)(=O)c4ccc(-c5ccccc5)cc4)cc3F)c2cc1OC. The minimum Gasteiger partial charge on any atom is -0.493 e. The highest BCUT2D eigenvalue weighted by molar-refractivity contribution is 7.92. The summed E-state index contributed by atoms with van der Waals surface area (Å²) in [6.07, 6.45) is 1.53. The molecule has 0 atom stereocenters. The van der Waals surface area contributed by atoms with Crippen molar-refractivity contribution in [2.75, 3.05) is 18.9 Å². The number of fused-ring (bicyclic) bond motifs is 1. The van der Waals surface area contributed by atoms with Crippen molar-refractivity contribution in [1.82, 2.24) is 4.98 Å². The second kappa shape index (κ2) is 10.4. The van der Waals surface area contributed by atoms with Gasteiger partial charge >= 0.3 is 0 Å². The van der Waals surface area contributed by atoms with Crippen LogP contribution >= 0.6 is 0 Å². The zero-order chi connectivity index (χ0) is 26.7. The van der Waals surface area contributed by atoms with Crippen molar-refractivity contribution in [1.29, 1.82) is 0 Å². The van der Waals surface area contributed by atoms with Crippen LogP contribution in [0, 0.1) is 5.82 Å². The summed E-state index contributed by atoms with van der Waals surface area (Å²) in [5.74, 6) is 0.501. The molecule has 1 heterocycles. The molecular weight excluding hydrogens is 507 g/mol. The number of halogens is 1. The smallest absolute Gasteiger partial charge is 0.261 e. The molecule has 0 saturated heterocycles. The molecule has 4 aromatic carbocycles. The highest BCUT2D eigenvalue weighted by Crippen LogP contribution is 2.37. The number of pyridine rings is 1. The first-order valence-corrected chi connectivity index (χ1v) is 13.0. The minimum atomic E-state index is -3.94. The van der Waals surface area contributed by atoms with Gasteiger partial charge in [0.15, 0.2) is 23.1 Å². The Bertz CT molecular complexity index is 1710. The number of aromatic nitrogens is 1. The molecule has 0 amide bonds. The van der Waals surface area contributed by atoms with Crippen LogP contribution in [0.4, 0.5) is 10.1 Å². The summed E-state index contributed by atoms with van der Waals surface area (Å²) in [5.41, 5.74) is 2.50. The van der Waals surface area contributed by atoms with Crippen molar-refractivity contribution < 1.29 is 27.0 Å². The molecule has 1 aromatic heterocycles. The average Bonchev–Trinajstić information content (AvgIpc) is 2.94. The Kier molecular flexibility index (Phi) is 6.85. The lowest BCUT2D eigenvalue weighted by molar-refractivity contribution is 0.355. The first kappa shape index (κ1) is 25.0. The third kappa shape index (κ3) is 5.09. The molecule has 192 valence electrons. The molecule has 0 fully saturated rings. The molecule has 9 heteroatoms. The molecule has 0 spiro atoms. The Morgan fingerprint density at radius 3 is 2.11 bits per heavy atom. The minimum absolute atomic E-state index is 0.0607. The van der Waals surface area contributed by atoms with E-state index in [-0.39, 0.29) is 16.3 Å². The van der Waals surface area contributed by atoms with Crippen molar-refractivity contribution in [3.05, 3.63) is 103 Å². The summed E-state index contributed by atoms with van der Waals surface area (Å²) in [5, 5.41) is 0.591. The predicted molar refractivity (Wildman–Crippen MR) is 144 cm³/mol. The number of rotatable bonds is 8. The molecule has 38 heavy (non-hydrogen) atoms. The van der Waals surface area contributed by atoms with Gasteiger partial charge in [-0.15, -0.1) is 0 Å². The highest BCUT2D eigenvalue weighted by Gasteiger charge is 2.17. The first-order chi connectivity index (χ1) is 18.4. The van der Waals surface area contributed by atoms with Crippen LogP contribution in [0.25, 0.3) is 22.0 Å². The van der Waals surface area contributed by atoms with Gasteiger partial charge in [-0.25, -0.2) is 12.8 Å². The predicted octanol–water partition coefficient (Wildman–Crippen LogP) is 6.65. The van der Waals surface area contributed by atoms with Gasteiger partial charge in [-0.3, -0.25) is 9.71 Å². The number of hydrogen-bond acceptors (Lipinski definition) is 6. The van der Waals surface area contributed by atoms with Gasteiger partial charge in [0.1, 0.15) is 5.75 Å². The monoisotopic (exact) mass is 530 g/mol. The van der Waals surface area contributed by atoms with Crippen molar-refractivity contribution in [2.45, 2.75) is 4.90 Å². The van der Waals surface area contributed by atoms with Crippen molar-refractivity contribution in [2.24, 2.45) is 0 Å². The van der Waals surface area contributed by atoms with Gasteiger partial charge in [0.2, 0.25) is 0 Å². The van der Waals surface area contributed by atoms with E-state index in [0.717, 1.165) is 17.2 Å². The van der Waals surface area contributed by atoms with Crippen LogP contribution in [0.1, 0.15) is 0 Å². The van der Waals surface area contributed by atoms with Crippen molar-refractivity contribution in [3.8, 4) is 34.1 Å². The summed E-state index contributed by atoms with van der Waals surface area (Å²) >= 11 is 0. The second-order valence-corrected chi connectivity index (χ2v) is 9.96. The van der Waals surface area contributed by atoms with Gasteiger partial charge in [-0.05, 0) is 47.5 Å². The standard InChI is InChI=1S/C29H23FN2O5S/c1-35-28-17-23-25(18-29(28)36-2)31-15-14-26(23)37-27-13-10-21(16-24(27)30)32-38(33,34)22-11-8-20(9-12-22)19-6-4-3-5-7-19/h3-18,32H,1-2H3. The molecular formula is C29H23FN2O5S. The van der Waals surface area contributed by atoms with Crippen LogP contribution < -0.4 is 18.9 Å². The van der Waals surface area contributed by atoms with Crippen LogP contribution in [0.2, 0.25) is 0 Å². The lowest BCUT2D eigenvalue weighted by Crippen LogP contribution is -2.13. The maximum absolute atomic E-state index is 15.0. The van der Waals surface area contributed by atoms with Gasteiger partial charge in [0.05, 0.1) is 30.3 Å². The lowest BCUT2D eigenvalue weighted by Gasteiger charge is -2.13. The molecule has 5 rings (SSSR count). The van der Waals surface area contributed by atoms with Gasteiger partial charge in [-0.1, -0.05) is 42.5 Å². The zero-order valence-electron chi connectivity index (χ0n) is 20.5. The van der Waals surface area contributed by atoms with Crippen LogP contribution in [0.15, 0.2) is 102 Å². The number of sulfonamides is 1. The molecule has 0 aliphatic heterocycles. The van der Waals surface area contributed by atoms with Crippen LogP contribution in [0.5, 0.6) is 23.0 Å². The van der Waals surface area contributed by atoms with E-state index >= 15 is 0 Å². The summed E-state index contributed by atoms with van der Waals surface area (Å²) in [6.45, 7) is 0. The number of nitrogens with one attached hydrogen (secondary N) is 1. The summed E-state index contributed by atoms with van der Waals surface area (Å²) in [4.78, 5) is 4.37. The van der Waals surface area contributed by atoms with Crippen LogP contribution in [0.3, 0.4) is 0 Å². The molecule has 5 aromatic rings. The van der Waals surface area contributed by atoms with Crippen molar-refractivity contribution >= 4 is 26.6 Å². The zero-order valence-corrected chi connectivity index (χ0v) is 21.3. The maximum atomic E-state index is 15.0. The molecule has 0 aliphatic rings. The third-order valence-electron chi connectivity index (χ3n) is 5.88. The maximum Gasteiger partial charge on any atom is 0.261 e. The fourth-order valence-corrected chi connectivity index (χ4v) is 5.02. The second-order valence-electron chi connectivity index (χ2n) is 8.28. The van der Waals surface area contributed by atoms with Gasteiger partial charge in [0, 0.05) is 23.7 Å². The Labute approximate surface area is 219 Å². The summed E-state index contributed by atoms with van der Waals surface area (Å²) < 4.78 is 59.7. The molecule has 0 radical (unpaired) electrons. The number of methoxy groups -OCH3 is 2. The van der Waals surface area contributed by atoms with Crippen LogP contribution in [-0.4, -0.2) is 27.6 Å². The van der Waals surface area contributed by atoms with E-state index in [4.69, 9.17) is 14.2 Å².